The lowest BCUT2D eigenvalue weighted by Gasteiger charge is -2.15. The Morgan fingerprint density at radius 2 is 2.18 bits per heavy atom. The summed E-state index contributed by atoms with van der Waals surface area (Å²) in [5.41, 5.74) is 4.81. The molecule has 2 heterocycles. The van der Waals surface area contributed by atoms with Crippen LogP contribution in [0.2, 0.25) is 5.02 Å². The van der Waals surface area contributed by atoms with Gasteiger partial charge in [-0.05, 0) is 56.9 Å². The molecule has 0 bridgehead atoms. The van der Waals surface area contributed by atoms with Gasteiger partial charge in [0.25, 0.3) is 0 Å². The van der Waals surface area contributed by atoms with Gasteiger partial charge in [0.1, 0.15) is 11.6 Å². The molecule has 3 rings (SSSR count). The summed E-state index contributed by atoms with van der Waals surface area (Å²) < 4.78 is 1.67. The van der Waals surface area contributed by atoms with Crippen LogP contribution in [0.3, 0.4) is 0 Å². The summed E-state index contributed by atoms with van der Waals surface area (Å²) in [6, 6.07) is 9.78. The van der Waals surface area contributed by atoms with E-state index < -0.39 is 0 Å². The van der Waals surface area contributed by atoms with Crippen molar-refractivity contribution in [1.82, 2.24) is 19.9 Å². The molecule has 0 fully saturated rings. The quantitative estimate of drug-likeness (QED) is 0.691. The van der Waals surface area contributed by atoms with Crippen molar-refractivity contribution in [2.75, 3.05) is 0 Å². The minimum Gasteiger partial charge on any atom is -0.353 e. The Bertz CT molecular complexity index is 1070. The summed E-state index contributed by atoms with van der Waals surface area (Å²) in [5.74, 6) is -0.00777. The first-order valence-electron chi connectivity index (χ1n) is 9.16. The van der Waals surface area contributed by atoms with Gasteiger partial charge in [-0.2, -0.15) is 10.4 Å². The van der Waals surface area contributed by atoms with Gasteiger partial charge in [-0.3, -0.25) is 4.79 Å². The molecule has 0 saturated heterocycles. The number of carbonyl (C=O) groups is 1. The summed E-state index contributed by atoms with van der Waals surface area (Å²) in [6.07, 6.45) is 3.17. The van der Waals surface area contributed by atoms with E-state index in [1.165, 1.54) is 6.20 Å². The third-order valence-corrected chi connectivity index (χ3v) is 5.00. The van der Waals surface area contributed by atoms with Gasteiger partial charge in [0, 0.05) is 28.9 Å². The molecule has 0 aliphatic carbocycles. The van der Waals surface area contributed by atoms with E-state index in [0.717, 1.165) is 28.9 Å². The van der Waals surface area contributed by atoms with Gasteiger partial charge in [0.2, 0.25) is 5.91 Å². The summed E-state index contributed by atoms with van der Waals surface area (Å²) in [6.45, 7) is 5.82. The third kappa shape index (κ3) is 4.32. The average molecular weight is 396 g/mol. The molecular weight excluding hydrogens is 374 g/mol. The van der Waals surface area contributed by atoms with Crippen LogP contribution in [0.4, 0.5) is 0 Å². The fourth-order valence-electron chi connectivity index (χ4n) is 3.41. The molecule has 6 nitrogen and oxygen atoms in total. The standard InChI is InChI=1S/C21H22ClN5O/c1-13(9-16-5-4-6-18(22)10-16)25-20(28)8-7-19-14(2)26-21-17(11-23)12-24-27(21)15(19)3/h4-6,10,12-13H,7-9H2,1-3H3,(H,25,28)/t13-/m1/s1. The number of nitrogens with one attached hydrogen (secondary N) is 1. The number of benzene rings is 1. The van der Waals surface area contributed by atoms with Gasteiger partial charge >= 0.3 is 0 Å². The number of nitrogens with zero attached hydrogens (tertiary/aromatic N) is 4. The molecule has 0 unspecified atom stereocenters. The topological polar surface area (TPSA) is 83.1 Å². The first-order valence-corrected chi connectivity index (χ1v) is 9.54. The van der Waals surface area contributed by atoms with Crippen LogP contribution < -0.4 is 5.32 Å². The van der Waals surface area contributed by atoms with Crippen molar-refractivity contribution in [3.8, 4) is 6.07 Å². The molecule has 2 aromatic heterocycles. The highest BCUT2D eigenvalue weighted by Gasteiger charge is 2.15. The van der Waals surface area contributed by atoms with Crippen molar-refractivity contribution in [3.63, 3.8) is 0 Å². The summed E-state index contributed by atoms with van der Waals surface area (Å²) in [7, 11) is 0. The zero-order valence-electron chi connectivity index (χ0n) is 16.2. The number of aryl methyl sites for hydroxylation is 2. The van der Waals surface area contributed by atoms with Gasteiger partial charge in [-0.15, -0.1) is 0 Å². The van der Waals surface area contributed by atoms with Crippen molar-refractivity contribution in [2.45, 2.75) is 46.1 Å². The molecule has 144 valence electrons. The maximum Gasteiger partial charge on any atom is 0.220 e. The number of halogens is 1. The maximum atomic E-state index is 12.4. The first-order chi connectivity index (χ1) is 13.4. The van der Waals surface area contributed by atoms with Crippen molar-refractivity contribution in [1.29, 1.82) is 5.26 Å². The lowest BCUT2D eigenvalue weighted by atomic mass is 10.0. The van der Waals surface area contributed by atoms with E-state index in [1.54, 1.807) is 4.52 Å². The minimum atomic E-state index is -0.00777. The number of hydrogen-bond donors (Lipinski definition) is 1. The van der Waals surface area contributed by atoms with Crippen LogP contribution >= 0.6 is 11.6 Å². The van der Waals surface area contributed by atoms with E-state index >= 15 is 0 Å². The highest BCUT2D eigenvalue weighted by Crippen LogP contribution is 2.18. The highest BCUT2D eigenvalue weighted by atomic mass is 35.5. The number of nitriles is 1. The second kappa shape index (κ2) is 8.41. The van der Waals surface area contributed by atoms with Crippen LogP contribution in [0.15, 0.2) is 30.5 Å². The number of aromatic nitrogens is 3. The van der Waals surface area contributed by atoms with Crippen LogP contribution in [-0.2, 0) is 17.6 Å². The molecule has 3 aromatic rings. The smallest absolute Gasteiger partial charge is 0.220 e. The van der Waals surface area contributed by atoms with Gasteiger partial charge in [-0.25, -0.2) is 9.50 Å². The predicted molar refractivity (Wildman–Crippen MR) is 108 cm³/mol. The van der Waals surface area contributed by atoms with E-state index in [0.29, 0.717) is 29.1 Å². The van der Waals surface area contributed by atoms with E-state index in [1.807, 2.05) is 45.0 Å². The van der Waals surface area contributed by atoms with Crippen LogP contribution in [0.25, 0.3) is 5.65 Å². The molecular formula is C21H22ClN5O. The Morgan fingerprint density at radius 1 is 1.39 bits per heavy atom. The normalized spacial score (nSPS) is 12.0. The van der Waals surface area contributed by atoms with Crippen molar-refractivity contribution in [2.24, 2.45) is 0 Å². The molecule has 0 aliphatic heterocycles. The van der Waals surface area contributed by atoms with Gasteiger partial charge in [0.15, 0.2) is 5.65 Å². The molecule has 7 heteroatoms. The fourth-order valence-corrected chi connectivity index (χ4v) is 3.62. The third-order valence-electron chi connectivity index (χ3n) is 4.77. The van der Waals surface area contributed by atoms with Crippen molar-refractivity contribution < 1.29 is 4.79 Å². The number of fused-ring (bicyclic) bond motifs is 1. The van der Waals surface area contributed by atoms with Crippen LogP contribution in [0, 0.1) is 25.2 Å². The molecule has 0 saturated carbocycles. The molecule has 1 N–H and O–H groups in total. The Kier molecular flexibility index (Phi) is 5.96. The second-order valence-corrected chi connectivity index (χ2v) is 7.41. The predicted octanol–water partition coefficient (Wildman–Crippen LogP) is 3.55. The van der Waals surface area contributed by atoms with Crippen LogP contribution in [0.1, 0.15) is 41.4 Å². The fraction of sp³-hybridized carbons (Fsp3) is 0.333. The summed E-state index contributed by atoms with van der Waals surface area (Å²) in [4.78, 5) is 16.9. The van der Waals surface area contributed by atoms with E-state index in [-0.39, 0.29) is 11.9 Å². The van der Waals surface area contributed by atoms with E-state index in [9.17, 15) is 4.79 Å². The Balaban J connectivity index is 1.63. The van der Waals surface area contributed by atoms with Crippen LogP contribution in [-0.4, -0.2) is 26.5 Å². The zero-order chi connectivity index (χ0) is 20.3. The van der Waals surface area contributed by atoms with Crippen molar-refractivity contribution in [3.05, 3.63) is 63.6 Å². The van der Waals surface area contributed by atoms with Gasteiger partial charge < -0.3 is 5.32 Å². The maximum absolute atomic E-state index is 12.4. The number of carbonyl (C=O) groups excluding carboxylic acids is 1. The molecule has 0 radical (unpaired) electrons. The molecule has 1 amide bonds. The van der Waals surface area contributed by atoms with Gasteiger partial charge in [0.05, 0.1) is 6.20 Å². The van der Waals surface area contributed by atoms with E-state index in [4.69, 9.17) is 16.9 Å². The van der Waals surface area contributed by atoms with Crippen molar-refractivity contribution >= 4 is 23.2 Å². The average Bonchev–Trinajstić information content (AvgIpc) is 3.04. The largest absolute Gasteiger partial charge is 0.353 e. The molecule has 1 aromatic carbocycles. The minimum absolute atomic E-state index is 0.00777. The number of amides is 1. The Hall–Kier alpha value is -2.91. The first kappa shape index (κ1) is 19.8. The monoisotopic (exact) mass is 395 g/mol. The molecule has 0 spiro atoms. The summed E-state index contributed by atoms with van der Waals surface area (Å²) >= 11 is 6.02. The molecule has 0 aliphatic rings. The lowest BCUT2D eigenvalue weighted by molar-refractivity contribution is -0.121. The zero-order valence-corrected chi connectivity index (χ0v) is 16.9. The molecule has 1 atom stereocenters. The lowest BCUT2D eigenvalue weighted by Crippen LogP contribution is -2.34. The van der Waals surface area contributed by atoms with Gasteiger partial charge in [-0.1, -0.05) is 23.7 Å². The summed E-state index contributed by atoms with van der Waals surface area (Å²) in [5, 5.41) is 17.1. The second-order valence-electron chi connectivity index (χ2n) is 6.97. The number of rotatable bonds is 6. The van der Waals surface area contributed by atoms with E-state index in [2.05, 4.69) is 21.5 Å². The number of hydrogen-bond acceptors (Lipinski definition) is 4. The SMILES string of the molecule is Cc1nc2c(C#N)cnn2c(C)c1CCC(=O)N[C@H](C)Cc1cccc(Cl)c1. The molecule has 28 heavy (non-hydrogen) atoms. The highest BCUT2D eigenvalue weighted by molar-refractivity contribution is 6.30. The Morgan fingerprint density at radius 3 is 2.89 bits per heavy atom. The Labute approximate surface area is 169 Å². The van der Waals surface area contributed by atoms with Crippen LogP contribution in [0.5, 0.6) is 0 Å².